The average molecular weight is 1120 g/mol. The summed E-state index contributed by atoms with van der Waals surface area (Å²) in [5, 5.41) is 5.58. The van der Waals surface area contributed by atoms with Gasteiger partial charge in [0.1, 0.15) is 59.2 Å². The molecule has 0 amide bonds. The van der Waals surface area contributed by atoms with Crippen molar-refractivity contribution in [3.05, 3.63) is 205 Å². The molecule has 0 saturated carbocycles. The molecule has 70 heavy (non-hydrogen) atoms. The molecule has 4 N–H and O–H groups in total. The summed E-state index contributed by atoms with van der Waals surface area (Å²) in [6.07, 6.45) is 0. The summed E-state index contributed by atoms with van der Waals surface area (Å²) in [5.41, 5.74) is 14.4. The molecule has 8 aromatic carbocycles. The summed E-state index contributed by atoms with van der Waals surface area (Å²) in [4.78, 5) is 0.225. The van der Waals surface area contributed by atoms with Crippen LogP contribution in [0.15, 0.2) is 204 Å². The molecule has 2 unspecified atom stereocenters. The van der Waals surface area contributed by atoms with E-state index in [1.54, 1.807) is 14.2 Å². The second-order valence-electron chi connectivity index (χ2n) is 15.7. The Balaban J connectivity index is 0.000000239. The minimum atomic E-state index is -4.33. The number of hydrogen-bond donors (Lipinski definition) is 2. The Morgan fingerprint density at radius 3 is 1.06 bits per heavy atom. The van der Waals surface area contributed by atoms with Gasteiger partial charge in [-0.2, -0.15) is 0 Å². The first-order valence-electron chi connectivity index (χ1n) is 21.9. The number of sulfone groups is 1. The van der Waals surface area contributed by atoms with E-state index >= 15 is 8.42 Å². The van der Waals surface area contributed by atoms with Crippen molar-refractivity contribution < 1.29 is 52.0 Å². The summed E-state index contributed by atoms with van der Waals surface area (Å²) in [7, 11) is 4.96. The zero-order valence-electron chi connectivity index (χ0n) is 38.0. The SMILES string of the molecule is COc1ccc(C(N)C(N)c2ccc(OC)cc2)cc1.O=S(=O)(c1c([PH+](c2ccccc2)c2ccccc2)ccc2c1OCO2)c1c([PH+](c2ccccc2)c2ccccc2)ccc2c1OCO2.[Cl][Ru+2][Cl]. The second-order valence-corrected chi connectivity index (χ2v) is 25.1. The van der Waals surface area contributed by atoms with Gasteiger partial charge in [-0.3, -0.25) is 0 Å². The van der Waals surface area contributed by atoms with Gasteiger partial charge < -0.3 is 39.9 Å². The molecule has 0 bridgehead atoms. The van der Waals surface area contributed by atoms with Crippen molar-refractivity contribution in [2.45, 2.75) is 21.9 Å². The Hall–Kier alpha value is -5.51. The third-order valence-corrected chi connectivity index (χ3v) is 19.5. The van der Waals surface area contributed by atoms with Crippen LogP contribution >= 0.6 is 35.2 Å². The molecule has 2 aliphatic heterocycles. The van der Waals surface area contributed by atoms with Crippen LogP contribution in [0.1, 0.15) is 23.2 Å². The molecule has 0 aromatic heterocycles. The second kappa shape index (κ2) is 24.1. The van der Waals surface area contributed by atoms with E-state index in [9.17, 15) is 0 Å². The Morgan fingerprint density at radius 1 is 0.471 bits per heavy atom. The van der Waals surface area contributed by atoms with Gasteiger partial charge in [0, 0.05) is 12.1 Å². The molecule has 0 spiro atoms. The van der Waals surface area contributed by atoms with Gasteiger partial charge >= 0.3 is 34.5 Å². The number of rotatable bonds is 13. The van der Waals surface area contributed by atoms with Gasteiger partial charge in [0.25, 0.3) is 0 Å². The van der Waals surface area contributed by atoms with Gasteiger partial charge in [0.2, 0.25) is 23.4 Å². The van der Waals surface area contributed by atoms with Crippen LogP contribution in [0, 0.1) is 0 Å². The standard InChI is InChI=1S/C38H28O6P2S.C16H20N2O2.2ClH.Ru/c39-47(40,37-33(23-21-31-35(37)43-25-41-31)45(27-13-5-1-6-14-27)28-15-7-2-8-16-28)38-34(24-22-32-36(38)44-26-42-32)46(29-17-9-3-10-18-29)30-19-11-4-12-20-30;1-19-13-7-3-11(4-8-13)15(17)16(18)12-5-9-14(20-2)10-6-12;;;/h1-24H,25-26H2;3-10,15-16H,17-18H2,1-2H3;2*1H;/q;;;;+4. The molecule has 10 rings (SSSR count). The number of fused-ring (bicyclic) bond motifs is 2. The number of methoxy groups -OCH3 is 2. The van der Waals surface area contributed by atoms with E-state index in [-0.39, 0.29) is 62.1 Å². The van der Waals surface area contributed by atoms with Crippen molar-refractivity contribution in [1.29, 1.82) is 0 Å². The van der Waals surface area contributed by atoms with Gasteiger partial charge in [0.05, 0.1) is 14.2 Å². The summed E-state index contributed by atoms with van der Waals surface area (Å²) in [6, 6.07) is 62.5. The van der Waals surface area contributed by atoms with Crippen molar-refractivity contribution in [3.63, 3.8) is 0 Å². The molecule has 358 valence electrons. The first kappa shape index (κ1) is 50.9. The van der Waals surface area contributed by atoms with Crippen LogP contribution in [0.5, 0.6) is 34.5 Å². The Morgan fingerprint density at radius 2 is 0.771 bits per heavy atom. The first-order chi connectivity index (χ1) is 34.2. The van der Waals surface area contributed by atoms with Crippen LogP contribution in [0.3, 0.4) is 0 Å². The number of hydrogen-bond acceptors (Lipinski definition) is 10. The van der Waals surface area contributed by atoms with Crippen molar-refractivity contribution in [2.24, 2.45) is 11.5 Å². The summed E-state index contributed by atoms with van der Waals surface area (Å²) < 4.78 is 65.3. The molecular formula is C54H50Cl2N2O8P2RuS+4. The summed E-state index contributed by atoms with van der Waals surface area (Å²) in [6.45, 7) is -0.134. The molecule has 0 fully saturated rings. The van der Waals surface area contributed by atoms with Crippen LogP contribution in [0.4, 0.5) is 0 Å². The molecule has 0 saturated heterocycles. The predicted octanol–water partition coefficient (Wildman–Crippen LogP) is 8.74. The van der Waals surface area contributed by atoms with Crippen LogP contribution in [-0.4, -0.2) is 36.2 Å². The Bertz CT molecular complexity index is 2800. The fourth-order valence-corrected chi connectivity index (χ4v) is 16.7. The number of benzene rings is 8. The van der Waals surface area contributed by atoms with Gasteiger partial charge in [-0.15, -0.1) is 0 Å². The van der Waals surface area contributed by atoms with Crippen LogP contribution in [-0.2, 0) is 25.0 Å². The van der Waals surface area contributed by atoms with Gasteiger partial charge in [-0.1, -0.05) is 97.1 Å². The molecule has 0 radical (unpaired) electrons. The summed E-state index contributed by atoms with van der Waals surface area (Å²) in [5.74, 6) is 2.87. The van der Waals surface area contributed by atoms with Gasteiger partial charge in [-0.25, -0.2) is 8.42 Å². The molecule has 8 aromatic rings. The molecule has 2 aliphatic rings. The van der Waals surface area contributed by atoms with Crippen LogP contribution in [0.2, 0.25) is 0 Å². The van der Waals surface area contributed by atoms with Crippen molar-refractivity contribution >= 4 is 76.9 Å². The van der Waals surface area contributed by atoms with Crippen LogP contribution < -0.4 is 71.7 Å². The Kier molecular flexibility index (Phi) is 17.5. The normalized spacial score (nSPS) is 13.1. The topological polar surface area (TPSA) is 142 Å². The van der Waals surface area contributed by atoms with Crippen molar-refractivity contribution in [1.82, 2.24) is 0 Å². The molecule has 0 aliphatic carbocycles. The quantitative estimate of drug-likeness (QED) is 0.0851. The number of nitrogens with two attached hydrogens (primary N) is 2. The number of halogens is 2. The minimum absolute atomic E-state index is 0.0670. The van der Waals surface area contributed by atoms with Gasteiger partial charge in [0.15, 0.2) is 32.8 Å². The number of ether oxygens (including phenoxy) is 6. The van der Waals surface area contributed by atoms with E-state index in [0.29, 0.717) is 22.1 Å². The third kappa shape index (κ3) is 11.3. The maximum absolute atomic E-state index is 15.7. The molecule has 16 heteroatoms. The van der Waals surface area contributed by atoms with E-state index in [1.807, 2.05) is 146 Å². The average Bonchev–Trinajstić information content (AvgIpc) is 4.10. The maximum atomic E-state index is 15.7. The monoisotopic (exact) mass is 1120 g/mol. The molecule has 2 heterocycles. The fourth-order valence-electron chi connectivity index (χ4n) is 8.36. The first-order valence-corrected chi connectivity index (χ1v) is 30.8. The fraction of sp³-hybridized carbons (Fsp3) is 0.111. The van der Waals surface area contributed by atoms with E-state index in [0.717, 1.165) is 43.8 Å². The van der Waals surface area contributed by atoms with E-state index in [2.05, 4.69) is 48.5 Å². The predicted molar refractivity (Wildman–Crippen MR) is 282 cm³/mol. The third-order valence-electron chi connectivity index (χ3n) is 11.7. The zero-order chi connectivity index (χ0) is 49.0. The Labute approximate surface area is 426 Å². The molecule has 2 atom stereocenters. The van der Waals surface area contributed by atoms with E-state index in [1.165, 1.54) is 0 Å². The van der Waals surface area contributed by atoms with Crippen LogP contribution in [0.25, 0.3) is 0 Å². The van der Waals surface area contributed by atoms with Crippen molar-refractivity contribution in [2.75, 3.05) is 27.8 Å². The van der Waals surface area contributed by atoms with E-state index < -0.39 is 25.7 Å². The van der Waals surface area contributed by atoms with Gasteiger partial charge in [-0.05, 0) is 108 Å². The molecule has 10 nitrogen and oxygen atoms in total. The van der Waals surface area contributed by atoms with E-state index in [4.69, 9.17) is 59.3 Å². The molecular weight excluding hydrogens is 1070 g/mol. The zero-order valence-corrected chi connectivity index (χ0v) is 44.0. The summed E-state index contributed by atoms with van der Waals surface area (Å²) >= 11 is -0.346. The van der Waals surface area contributed by atoms with Crippen molar-refractivity contribution in [3.8, 4) is 34.5 Å².